The maximum absolute atomic E-state index is 4.13. The van der Waals surface area contributed by atoms with Gasteiger partial charge in [-0.15, -0.1) is 0 Å². The summed E-state index contributed by atoms with van der Waals surface area (Å²) in [7, 11) is -0.921. The van der Waals surface area contributed by atoms with Crippen LogP contribution in [0.1, 0.15) is 65.7 Å². The van der Waals surface area contributed by atoms with Crippen LogP contribution >= 0.6 is 7.26 Å². The summed E-state index contributed by atoms with van der Waals surface area (Å²) in [5.41, 5.74) is 0. The van der Waals surface area contributed by atoms with Crippen LogP contribution in [0.3, 0.4) is 0 Å². The van der Waals surface area contributed by atoms with E-state index in [0.29, 0.717) is 0 Å². The maximum atomic E-state index is 4.13. The zero-order chi connectivity index (χ0) is 12.3. The topological polar surface area (TPSA) is 0 Å². The Balaban J connectivity index is 4.32. The number of unbranched alkanes of at least 4 members (excludes halogenated alkanes) is 3. The molecule has 0 aliphatic heterocycles. The molecular formula is C15H34P. The van der Waals surface area contributed by atoms with E-state index in [2.05, 4.69) is 27.7 Å². The normalized spacial score (nSPS) is 13.0. The minimum atomic E-state index is -0.921. The molecule has 0 aliphatic carbocycles. The SMILES string of the molecule is [CH2]CC[PH](CCCC)(CCCC)CCCC. The Morgan fingerprint density at radius 1 is 0.688 bits per heavy atom. The molecule has 0 saturated carbocycles. The zero-order valence-corrected chi connectivity index (χ0v) is 13.0. The third-order valence-corrected chi connectivity index (χ3v) is 9.55. The predicted molar refractivity (Wildman–Crippen MR) is 82.5 cm³/mol. The van der Waals surface area contributed by atoms with Crippen LogP contribution in [0.15, 0.2) is 0 Å². The van der Waals surface area contributed by atoms with Gasteiger partial charge in [0.2, 0.25) is 0 Å². The van der Waals surface area contributed by atoms with E-state index >= 15 is 0 Å². The first-order chi connectivity index (χ1) is 7.74. The van der Waals surface area contributed by atoms with Crippen molar-refractivity contribution in [1.82, 2.24) is 0 Å². The number of hydrogen-bond donors (Lipinski definition) is 0. The fourth-order valence-corrected chi connectivity index (χ4v) is 8.34. The van der Waals surface area contributed by atoms with E-state index in [-0.39, 0.29) is 0 Å². The quantitative estimate of drug-likeness (QED) is 0.430. The number of hydrogen-bond acceptors (Lipinski definition) is 0. The van der Waals surface area contributed by atoms with Gasteiger partial charge in [-0.2, -0.15) is 0 Å². The van der Waals surface area contributed by atoms with Crippen LogP contribution in [0, 0.1) is 6.92 Å². The first kappa shape index (κ1) is 16.4. The van der Waals surface area contributed by atoms with Crippen LogP contribution in [0.25, 0.3) is 0 Å². The molecule has 0 unspecified atom stereocenters. The molecule has 0 heterocycles. The molecule has 0 nitrogen and oxygen atoms in total. The second-order valence-corrected chi connectivity index (χ2v) is 10.4. The van der Waals surface area contributed by atoms with E-state index in [1.165, 1.54) is 51.1 Å². The molecule has 0 aromatic heterocycles. The molecular weight excluding hydrogens is 211 g/mol. The molecule has 0 amide bonds. The van der Waals surface area contributed by atoms with Crippen molar-refractivity contribution in [2.45, 2.75) is 65.7 Å². The molecule has 1 radical (unpaired) electrons. The van der Waals surface area contributed by atoms with Crippen LogP contribution in [-0.4, -0.2) is 24.6 Å². The third-order valence-electron chi connectivity index (χ3n) is 3.89. The zero-order valence-electron chi connectivity index (χ0n) is 12.0. The first-order valence-electron chi connectivity index (χ1n) is 7.54. The Labute approximate surface area is 105 Å². The van der Waals surface area contributed by atoms with E-state index < -0.39 is 7.26 Å². The Morgan fingerprint density at radius 2 is 1.06 bits per heavy atom. The van der Waals surface area contributed by atoms with Gasteiger partial charge in [0.15, 0.2) is 0 Å². The Kier molecular flexibility index (Phi) is 10.9. The van der Waals surface area contributed by atoms with Crippen molar-refractivity contribution in [2.75, 3.05) is 24.6 Å². The molecule has 16 heavy (non-hydrogen) atoms. The van der Waals surface area contributed by atoms with Crippen LogP contribution in [0.4, 0.5) is 0 Å². The molecule has 99 valence electrons. The van der Waals surface area contributed by atoms with E-state index in [0.717, 1.165) is 0 Å². The van der Waals surface area contributed by atoms with Crippen LogP contribution in [0.5, 0.6) is 0 Å². The minimum absolute atomic E-state index is 0.921. The monoisotopic (exact) mass is 245 g/mol. The summed E-state index contributed by atoms with van der Waals surface area (Å²) in [6.07, 6.45) is 16.0. The molecule has 0 aliphatic rings. The van der Waals surface area contributed by atoms with Crippen molar-refractivity contribution < 1.29 is 0 Å². The van der Waals surface area contributed by atoms with Gasteiger partial charge in [-0.3, -0.25) is 0 Å². The second kappa shape index (κ2) is 10.6. The molecule has 0 saturated heterocycles. The Bertz CT molecular complexity index is 121. The van der Waals surface area contributed by atoms with Crippen molar-refractivity contribution in [3.63, 3.8) is 0 Å². The molecule has 0 bridgehead atoms. The third kappa shape index (κ3) is 6.89. The second-order valence-electron chi connectivity index (χ2n) is 5.41. The summed E-state index contributed by atoms with van der Waals surface area (Å²) in [5.74, 6) is 0. The van der Waals surface area contributed by atoms with Gasteiger partial charge in [0, 0.05) is 0 Å². The average molecular weight is 245 g/mol. The van der Waals surface area contributed by atoms with Crippen LogP contribution < -0.4 is 0 Å². The van der Waals surface area contributed by atoms with Gasteiger partial charge in [-0.25, -0.2) is 0 Å². The first-order valence-corrected chi connectivity index (χ1v) is 10.4. The fraction of sp³-hybridized carbons (Fsp3) is 0.933. The van der Waals surface area contributed by atoms with Crippen LogP contribution in [0.2, 0.25) is 0 Å². The van der Waals surface area contributed by atoms with Crippen LogP contribution in [-0.2, 0) is 0 Å². The molecule has 0 fully saturated rings. The van der Waals surface area contributed by atoms with E-state index in [4.69, 9.17) is 0 Å². The summed E-state index contributed by atoms with van der Waals surface area (Å²) in [6, 6.07) is 0. The molecule has 0 spiro atoms. The summed E-state index contributed by atoms with van der Waals surface area (Å²) in [6.45, 7) is 11.1. The molecule has 0 aromatic rings. The average Bonchev–Trinajstić information content (AvgIpc) is 2.31. The van der Waals surface area contributed by atoms with Gasteiger partial charge >= 0.3 is 105 Å². The van der Waals surface area contributed by atoms with Gasteiger partial charge in [0.05, 0.1) is 0 Å². The van der Waals surface area contributed by atoms with Gasteiger partial charge < -0.3 is 0 Å². The molecule has 0 N–H and O–H groups in total. The van der Waals surface area contributed by atoms with E-state index in [9.17, 15) is 0 Å². The molecule has 0 rings (SSSR count). The van der Waals surface area contributed by atoms with Gasteiger partial charge in [-0.05, 0) is 0 Å². The van der Waals surface area contributed by atoms with Crippen molar-refractivity contribution in [3.05, 3.63) is 6.92 Å². The summed E-state index contributed by atoms with van der Waals surface area (Å²) < 4.78 is 0. The van der Waals surface area contributed by atoms with Gasteiger partial charge in [-0.1, -0.05) is 0 Å². The summed E-state index contributed by atoms with van der Waals surface area (Å²) in [4.78, 5) is 0. The van der Waals surface area contributed by atoms with Gasteiger partial charge in [0.25, 0.3) is 0 Å². The standard InChI is InChI=1S/C15H34P/c1-5-9-13-16(12-8-4,14-10-6-2)15-11-7-3/h16H,4-15H2,1-3H3. The number of rotatable bonds is 11. The molecule has 0 atom stereocenters. The summed E-state index contributed by atoms with van der Waals surface area (Å²) >= 11 is 0. The van der Waals surface area contributed by atoms with Gasteiger partial charge in [0.1, 0.15) is 0 Å². The Morgan fingerprint density at radius 3 is 1.31 bits per heavy atom. The van der Waals surface area contributed by atoms with E-state index in [1.54, 1.807) is 18.5 Å². The molecule has 0 aromatic carbocycles. The van der Waals surface area contributed by atoms with Crippen molar-refractivity contribution in [2.24, 2.45) is 0 Å². The Hall–Kier alpha value is 0.430. The van der Waals surface area contributed by atoms with Crippen molar-refractivity contribution >= 4 is 7.26 Å². The van der Waals surface area contributed by atoms with Crippen molar-refractivity contribution in [1.29, 1.82) is 0 Å². The van der Waals surface area contributed by atoms with E-state index in [1.807, 2.05) is 0 Å². The summed E-state index contributed by atoms with van der Waals surface area (Å²) in [5, 5.41) is 0. The fourth-order valence-electron chi connectivity index (χ4n) is 2.78. The predicted octanol–water partition coefficient (Wildman–Crippen LogP) is 5.36. The molecule has 1 heteroatoms. The van der Waals surface area contributed by atoms with Crippen molar-refractivity contribution in [3.8, 4) is 0 Å².